The Labute approximate surface area is 88.4 Å². The summed E-state index contributed by atoms with van der Waals surface area (Å²) >= 11 is 0. The minimum Gasteiger partial charge on any atom is -0.311 e. The second-order valence-corrected chi connectivity index (χ2v) is 4.22. The monoisotopic (exact) mass is 196 g/mol. The quantitative estimate of drug-likeness (QED) is 0.692. The van der Waals surface area contributed by atoms with E-state index in [9.17, 15) is 0 Å². The van der Waals surface area contributed by atoms with Crippen molar-refractivity contribution in [3.8, 4) is 0 Å². The lowest BCUT2D eigenvalue weighted by molar-refractivity contribution is 0.134. The van der Waals surface area contributed by atoms with Crippen molar-refractivity contribution in [2.24, 2.45) is 0 Å². The molecule has 2 unspecified atom stereocenters. The molecule has 82 valence electrons. The molecule has 2 atom stereocenters. The first-order chi connectivity index (χ1) is 6.77. The van der Waals surface area contributed by atoms with Crippen molar-refractivity contribution in [2.45, 2.75) is 45.7 Å². The Morgan fingerprint density at radius 2 is 2.29 bits per heavy atom. The predicted molar refractivity (Wildman–Crippen MR) is 62.5 cm³/mol. The van der Waals surface area contributed by atoms with Gasteiger partial charge < -0.3 is 5.32 Å². The van der Waals surface area contributed by atoms with E-state index in [1.54, 1.807) is 0 Å². The average molecular weight is 196 g/mol. The molecule has 0 bridgehead atoms. The van der Waals surface area contributed by atoms with Gasteiger partial charge in [-0.3, -0.25) is 4.90 Å². The van der Waals surface area contributed by atoms with Gasteiger partial charge in [0.1, 0.15) is 0 Å². The molecule has 0 amide bonds. The number of nitrogens with zero attached hydrogens (tertiary/aromatic N) is 1. The van der Waals surface area contributed by atoms with Gasteiger partial charge in [0.25, 0.3) is 0 Å². The minimum atomic E-state index is 0.656. The topological polar surface area (TPSA) is 15.3 Å². The number of piperazine rings is 1. The van der Waals surface area contributed by atoms with E-state index in [1.165, 1.54) is 25.9 Å². The van der Waals surface area contributed by atoms with Gasteiger partial charge in [-0.1, -0.05) is 19.1 Å². The van der Waals surface area contributed by atoms with E-state index < -0.39 is 0 Å². The first kappa shape index (κ1) is 11.7. The Balaban J connectivity index is 2.36. The first-order valence-electron chi connectivity index (χ1n) is 5.86. The number of nitrogens with one attached hydrogen (secondary N) is 1. The van der Waals surface area contributed by atoms with E-state index in [-0.39, 0.29) is 0 Å². The van der Waals surface area contributed by atoms with E-state index >= 15 is 0 Å². The van der Waals surface area contributed by atoms with Crippen molar-refractivity contribution in [3.05, 3.63) is 12.2 Å². The smallest absolute Gasteiger partial charge is 0.0218 e. The Kier molecular flexibility index (Phi) is 5.20. The van der Waals surface area contributed by atoms with Crippen LogP contribution in [0.4, 0.5) is 0 Å². The maximum atomic E-state index is 3.54. The van der Waals surface area contributed by atoms with Crippen molar-refractivity contribution in [1.29, 1.82) is 0 Å². The van der Waals surface area contributed by atoms with Crippen LogP contribution in [0.3, 0.4) is 0 Å². The van der Waals surface area contributed by atoms with Crippen molar-refractivity contribution >= 4 is 0 Å². The number of rotatable bonds is 4. The highest BCUT2D eigenvalue weighted by molar-refractivity contribution is 4.86. The second kappa shape index (κ2) is 6.20. The third-order valence-electron chi connectivity index (χ3n) is 3.02. The third-order valence-corrected chi connectivity index (χ3v) is 3.02. The molecule has 14 heavy (non-hydrogen) atoms. The van der Waals surface area contributed by atoms with E-state index in [1.807, 2.05) is 0 Å². The van der Waals surface area contributed by atoms with E-state index in [0.29, 0.717) is 6.04 Å². The SMILES string of the molecule is C/C=C/CCN1CC(C)NCC1CC. The van der Waals surface area contributed by atoms with Gasteiger partial charge in [-0.15, -0.1) is 0 Å². The Morgan fingerprint density at radius 1 is 1.50 bits per heavy atom. The van der Waals surface area contributed by atoms with Gasteiger partial charge in [-0.2, -0.15) is 0 Å². The normalized spacial score (nSPS) is 29.9. The summed E-state index contributed by atoms with van der Waals surface area (Å²) < 4.78 is 0. The zero-order chi connectivity index (χ0) is 10.4. The highest BCUT2D eigenvalue weighted by atomic mass is 15.2. The Morgan fingerprint density at radius 3 is 2.93 bits per heavy atom. The molecule has 0 aromatic rings. The van der Waals surface area contributed by atoms with Crippen molar-refractivity contribution in [2.75, 3.05) is 19.6 Å². The number of hydrogen-bond acceptors (Lipinski definition) is 2. The molecule has 1 heterocycles. The van der Waals surface area contributed by atoms with Crippen LogP contribution in [0, 0.1) is 0 Å². The maximum Gasteiger partial charge on any atom is 0.0218 e. The lowest BCUT2D eigenvalue weighted by Gasteiger charge is -2.38. The number of allylic oxidation sites excluding steroid dienone is 1. The zero-order valence-electron chi connectivity index (χ0n) is 9.79. The van der Waals surface area contributed by atoms with Gasteiger partial charge >= 0.3 is 0 Å². The summed E-state index contributed by atoms with van der Waals surface area (Å²) in [5.41, 5.74) is 0. The molecule has 1 aliphatic heterocycles. The molecule has 0 spiro atoms. The van der Waals surface area contributed by atoms with E-state index in [2.05, 4.69) is 43.1 Å². The predicted octanol–water partition coefficient (Wildman–Crippen LogP) is 2.02. The van der Waals surface area contributed by atoms with E-state index in [0.717, 1.165) is 12.6 Å². The lowest BCUT2D eigenvalue weighted by Crippen LogP contribution is -2.55. The van der Waals surface area contributed by atoms with Gasteiger partial charge in [0, 0.05) is 31.7 Å². The van der Waals surface area contributed by atoms with Crippen molar-refractivity contribution in [1.82, 2.24) is 10.2 Å². The van der Waals surface area contributed by atoms with Crippen molar-refractivity contribution < 1.29 is 0 Å². The molecule has 1 aliphatic rings. The summed E-state index contributed by atoms with van der Waals surface area (Å²) in [5.74, 6) is 0. The van der Waals surface area contributed by atoms with Crippen molar-refractivity contribution in [3.63, 3.8) is 0 Å². The van der Waals surface area contributed by atoms with Crippen LogP contribution in [0.1, 0.15) is 33.6 Å². The van der Waals surface area contributed by atoms with Crippen LogP contribution in [0.2, 0.25) is 0 Å². The molecule has 1 saturated heterocycles. The maximum absolute atomic E-state index is 3.54. The summed E-state index contributed by atoms with van der Waals surface area (Å²) in [6, 6.07) is 1.40. The summed E-state index contributed by atoms with van der Waals surface area (Å²) in [5, 5.41) is 3.54. The van der Waals surface area contributed by atoms with Gasteiger partial charge in [0.2, 0.25) is 0 Å². The number of hydrogen-bond donors (Lipinski definition) is 1. The first-order valence-corrected chi connectivity index (χ1v) is 5.86. The average Bonchev–Trinajstić information content (AvgIpc) is 2.19. The Bertz CT molecular complexity index is 177. The van der Waals surface area contributed by atoms with Gasteiger partial charge in [-0.05, 0) is 26.7 Å². The highest BCUT2D eigenvalue weighted by Gasteiger charge is 2.23. The van der Waals surface area contributed by atoms with Crippen LogP contribution in [-0.4, -0.2) is 36.6 Å². The summed E-state index contributed by atoms with van der Waals surface area (Å²) in [4.78, 5) is 2.63. The van der Waals surface area contributed by atoms with Gasteiger partial charge in [0.05, 0.1) is 0 Å². The molecule has 1 fully saturated rings. The zero-order valence-corrected chi connectivity index (χ0v) is 9.79. The largest absolute Gasteiger partial charge is 0.311 e. The standard InChI is InChI=1S/C12H24N2/c1-4-6-7-8-14-10-11(3)13-9-12(14)5-2/h4,6,11-13H,5,7-10H2,1-3H3/b6-4+. The van der Waals surface area contributed by atoms with Crippen LogP contribution >= 0.6 is 0 Å². The molecule has 2 nitrogen and oxygen atoms in total. The summed E-state index contributed by atoms with van der Waals surface area (Å²) in [6.07, 6.45) is 6.86. The fourth-order valence-electron chi connectivity index (χ4n) is 2.12. The molecule has 0 radical (unpaired) electrons. The van der Waals surface area contributed by atoms with Crippen LogP contribution in [0.15, 0.2) is 12.2 Å². The lowest BCUT2D eigenvalue weighted by atomic mass is 10.1. The summed E-state index contributed by atoms with van der Waals surface area (Å²) in [6.45, 7) is 10.2. The molecule has 1 rings (SSSR count). The fourth-order valence-corrected chi connectivity index (χ4v) is 2.12. The van der Waals surface area contributed by atoms with Crippen LogP contribution in [-0.2, 0) is 0 Å². The fraction of sp³-hybridized carbons (Fsp3) is 0.833. The molecule has 0 aromatic carbocycles. The highest BCUT2D eigenvalue weighted by Crippen LogP contribution is 2.10. The van der Waals surface area contributed by atoms with Gasteiger partial charge in [0.15, 0.2) is 0 Å². The van der Waals surface area contributed by atoms with Gasteiger partial charge in [-0.25, -0.2) is 0 Å². The Hall–Kier alpha value is -0.340. The van der Waals surface area contributed by atoms with Crippen LogP contribution in [0.5, 0.6) is 0 Å². The second-order valence-electron chi connectivity index (χ2n) is 4.22. The molecule has 2 heteroatoms. The molecular weight excluding hydrogens is 172 g/mol. The summed E-state index contributed by atoms with van der Waals surface area (Å²) in [7, 11) is 0. The molecule has 0 aliphatic carbocycles. The van der Waals surface area contributed by atoms with Crippen LogP contribution in [0.25, 0.3) is 0 Å². The molecule has 0 saturated carbocycles. The van der Waals surface area contributed by atoms with E-state index in [4.69, 9.17) is 0 Å². The molecular formula is C12H24N2. The van der Waals surface area contributed by atoms with Crippen LogP contribution < -0.4 is 5.32 Å². The third kappa shape index (κ3) is 3.43. The molecule has 1 N–H and O–H groups in total. The molecule has 0 aromatic heterocycles. The minimum absolute atomic E-state index is 0.656.